The molecule has 1 aliphatic rings. The van der Waals surface area contributed by atoms with Crippen molar-refractivity contribution < 1.29 is 8.78 Å². The summed E-state index contributed by atoms with van der Waals surface area (Å²) in [7, 11) is 0. The number of hydrogen-bond donors (Lipinski definition) is 1. The third-order valence-electron chi connectivity index (χ3n) is 3.97. The maximum atomic E-state index is 14.2. The van der Waals surface area contributed by atoms with Crippen molar-refractivity contribution in [1.82, 2.24) is 9.78 Å². The number of rotatable bonds is 2. The van der Waals surface area contributed by atoms with Gasteiger partial charge in [-0.15, -0.1) is 0 Å². The molecule has 0 saturated heterocycles. The zero-order valence-corrected chi connectivity index (χ0v) is 13.8. The molecule has 0 unspecified atom stereocenters. The van der Waals surface area contributed by atoms with Crippen molar-refractivity contribution in [2.24, 2.45) is 0 Å². The van der Waals surface area contributed by atoms with Crippen LogP contribution in [-0.4, -0.2) is 16.3 Å². The molecule has 0 saturated carbocycles. The van der Waals surface area contributed by atoms with E-state index in [1.807, 2.05) is 0 Å². The Bertz CT molecular complexity index is 953. The molecule has 0 radical (unpaired) electrons. The Hall–Kier alpha value is -2.11. The molecule has 7 heteroatoms. The Kier molecular flexibility index (Phi) is 3.70. The van der Waals surface area contributed by atoms with Crippen molar-refractivity contribution in [3.05, 3.63) is 63.6 Å². The van der Waals surface area contributed by atoms with Gasteiger partial charge in [-0.1, -0.05) is 23.2 Å². The van der Waals surface area contributed by atoms with Crippen LogP contribution in [0.1, 0.15) is 5.56 Å². The molecule has 1 aliphatic heterocycles. The Balaban J connectivity index is 1.94. The molecule has 122 valence electrons. The van der Waals surface area contributed by atoms with Crippen LogP contribution >= 0.6 is 23.2 Å². The van der Waals surface area contributed by atoms with Crippen molar-refractivity contribution >= 4 is 29.0 Å². The minimum Gasteiger partial charge on any atom is -0.369 e. The minimum atomic E-state index is -0.683. The van der Waals surface area contributed by atoms with E-state index in [4.69, 9.17) is 23.2 Å². The van der Waals surface area contributed by atoms with Gasteiger partial charge in [0.05, 0.1) is 10.7 Å². The number of halogens is 4. The average Bonchev–Trinajstić information content (AvgIpc) is 3.13. The molecule has 0 bridgehead atoms. The molecule has 3 aromatic rings. The van der Waals surface area contributed by atoms with Gasteiger partial charge in [0.1, 0.15) is 17.3 Å². The van der Waals surface area contributed by atoms with Gasteiger partial charge in [-0.25, -0.2) is 13.5 Å². The van der Waals surface area contributed by atoms with E-state index in [2.05, 4.69) is 10.4 Å². The lowest BCUT2D eigenvalue weighted by Gasteiger charge is -2.07. The number of nitrogens with one attached hydrogen (secondary N) is 1. The summed E-state index contributed by atoms with van der Waals surface area (Å²) in [4.78, 5) is 0. The monoisotopic (exact) mass is 365 g/mol. The van der Waals surface area contributed by atoms with E-state index in [1.54, 1.807) is 18.2 Å². The largest absolute Gasteiger partial charge is 0.369 e. The summed E-state index contributed by atoms with van der Waals surface area (Å²) in [5, 5.41) is 8.76. The van der Waals surface area contributed by atoms with Crippen molar-refractivity contribution in [2.75, 3.05) is 11.9 Å². The van der Waals surface area contributed by atoms with E-state index in [0.717, 1.165) is 18.1 Å². The zero-order chi connectivity index (χ0) is 16.8. The van der Waals surface area contributed by atoms with Crippen LogP contribution in [0.25, 0.3) is 16.9 Å². The SMILES string of the molecule is Fc1ccc(-n2nc(-c3cc(Cl)ccc3Cl)c3c2NCC3)c(F)c1. The van der Waals surface area contributed by atoms with Crippen molar-refractivity contribution in [2.45, 2.75) is 6.42 Å². The van der Waals surface area contributed by atoms with Crippen molar-refractivity contribution in [3.63, 3.8) is 0 Å². The molecule has 0 spiro atoms. The summed E-state index contributed by atoms with van der Waals surface area (Å²) in [6, 6.07) is 8.53. The topological polar surface area (TPSA) is 29.9 Å². The molecule has 0 amide bonds. The van der Waals surface area contributed by atoms with E-state index >= 15 is 0 Å². The third-order valence-corrected chi connectivity index (χ3v) is 4.54. The number of aromatic nitrogens is 2. The lowest BCUT2D eigenvalue weighted by Crippen LogP contribution is -2.06. The van der Waals surface area contributed by atoms with E-state index in [1.165, 1.54) is 16.8 Å². The summed E-state index contributed by atoms with van der Waals surface area (Å²) < 4.78 is 28.8. The fourth-order valence-electron chi connectivity index (χ4n) is 2.90. The van der Waals surface area contributed by atoms with Crippen LogP contribution in [0.4, 0.5) is 14.6 Å². The summed E-state index contributed by atoms with van der Waals surface area (Å²) >= 11 is 12.4. The summed E-state index contributed by atoms with van der Waals surface area (Å²) in [5.74, 6) is -0.629. The van der Waals surface area contributed by atoms with Gasteiger partial charge < -0.3 is 5.32 Å². The quantitative estimate of drug-likeness (QED) is 0.685. The highest BCUT2D eigenvalue weighted by molar-refractivity contribution is 6.35. The summed E-state index contributed by atoms with van der Waals surface area (Å²) in [6.07, 6.45) is 0.732. The van der Waals surface area contributed by atoms with Crippen molar-refractivity contribution in [1.29, 1.82) is 0 Å². The third kappa shape index (κ3) is 2.44. The van der Waals surface area contributed by atoms with Gasteiger partial charge in [-0.3, -0.25) is 0 Å². The lowest BCUT2D eigenvalue weighted by molar-refractivity contribution is 0.574. The first-order valence-electron chi connectivity index (χ1n) is 7.31. The second-order valence-electron chi connectivity index (χ2n) is 5.48. The summed E-state index contributed by atoms with van der Waals surface area (Å²) in [6.45, 7) is 0.710. The van der Waals surface area contributed by atoms with Crippen LogP contribution in [-0.2, 0) is 6.42 Å². The summed E-state index contributed by atoms with van der Waals surface area (Å²) in [5.41, 5.74) is 2.44. The number of anilines is 1. The maximum absolute atomic E-state index is 14.2. The van der Waals surface area contributed by atoms with Crippen LogP contribution in [0.3, 0.4) is 0 Å². The Morgan fingerprint density at radius 3 is 2.71 bits per heavy atom. The molecule has 1 N–H and O–H groups in total. The zero-order valence-electron chi connectivity index (χ0n) is 12.3. The van der Waals surface area contributed by atoms with E-state index < -0.39 is 11.6 Å². The Morgan fingerprint density at radius 2 is 1.92 bits per heavy atom. The first-order chi connectivity index (χ1) is 11.5. The highest BCUT2D eigenvalue weighted by Gasteiger charge is 2.26. The first kappa shape index (κ1) is 15.4. The van der Waals surface area contributed by atoms with Gasteiger partial charge in [0.25, 0.3) is 0 Å². The molecule has 1 aromatic heterocycles. The number of nitrogens with zero attached hydrogens (tertiary/aromatic N) is 2. The molecular formula is C17H11Cl2F2N3. The van der Waals surface area contributed by atoms with Crippen LogP contribution in [0.5, 0.6) is 0 Å². The highest BCUT2D eigenvalue weighted by Crippen LogP contribution is 2.38. The van der Waals surface area contributed by atoms with Gasteiger partial charge in [0.2, 0.25) is 0 Å². The van der Waals surface area contributed by atoms with Gasteiger partial charge in [0.15, 0.2) is 5.82 Å². The average molecular weight is 366 g/mol. The molecule has 4 rings (SSSR count). The second kappa shape index (κ2) is 5.76. The molecule has 0 aliphatic carbocycles. The maximum Gasteiger partial charge on any atom is 0.151 e. The molecule has 3 nitrogen and oxygen atoms in total. The van der Waals surface area contributed by atoms with E-state index in [-0.39, 0.29) is 5.69 Å². The molecule has 0 atom stereocenters. The Labute approximate surface area is 146 Å². The fourth-order valence-corrected chi connectivity index (χ4v) is 3.28. The molecule has 2 aromatic carbocycles. The van der Waals surface area contributed by atoms with Gasteiger partial charge >= 0.3 is 0 Å². The number of hydrogen-bond acceptors (Lipinski definition) is 2. The Morgan fingerprint density at radius 1 is 1.08 bits per heavy atom. The lowest BCUT2D eigenvalue weighted by atomic mass is 10.1. The molecule has 0 fully saturated rings. The number of benzene rings is 2. The molecule has 24 heavy (non-hydrogen) atoms. The van der Waals surface area contributed by atoms with Crippen LogP contribution in [0.2, 0.25) is 10.0 Å². The normalized spacial score (nSPS) is 13.0. The van der Waals surface area contributed by atoms with Crippen molar-refractivity contribution in [3.8, 4) is 16.9 Å². The first-order valence-corrected chi connectivity index (χ1v) is 8.07. The van der Waals surface area contributed by atoms with Crippen LogP contribution in [0.15, 0.2) is 36.4 Å². The van der Waals surface area contributed by atoms with Gasteiger partial charge in [-0.2, -0.15) is 5.10 Å². The molecule has 2 heterocycles. The predicted octanol–water partition coefficient (Wildman–Crippen LogP) is 5.09. The van der Waals surface area contributed by atoms with Gasteiger partial charge in [-0.05, 0) is 36.8 Å². The smallest absolute Gasteiger partial charge is 0.151 e. The molecular weight excluding hydrogens is 355 g/mol. The van der Waals surface area contributed by atoms with E-state index in [0.29, 0.717) is 33.7 Å². The minimum absolute atomic E-state index is 0.173. The predicted molar refractivity (Wildman–Crippen MR) is 91.1 cm³/mol. The second-order valence-corrected chi connectivity index (χ2v) is 6.33. The number of fused-ring (bicyclic) bond motifs is 1. The fraction of sp³-hybridized carbons (Fsp3) is 0.118. The van der Waals surface area contributed by atoms with Crippen LogP contribution in [0, 0.1) is 11.6 Å². The van der Waals surface area contributed by atoms with Gasteiger partial charge in [0, 0.05) is 28.8 Å². The highest BCUT2D eigenvalue weighted by atomic mass is 35.5. The van der Waals surface area contributed by atoms with E-state index in [9.17, 15) is 8.78 Å². The van der Waals surface area contributed by atoms with Crippen LogP contribution < -0.4 is 5.32 Å². The standard InChI is InChI=1S/C17H11Cl2F2N3/c18-9-1-3-13(19)12(7-9)16-11-5-6-22-17(11)24(23-16)15-4-2-10(20)8-14(15)21/h1-4,7-8,22H,5-6H2.